The molecule has 0 bridgehead atoms. The lowest BCUT2D eigenvalue weighted by Gasteiger charge is -2.17. The molecular formula is C21H26F3N5O3. The van der Waals surface area contributed by atoms with Gasteiger partial charge in [-0.15, -0.1) is 0 Å². The highest BCUT2D eigenvalue weighted by Gasteiger charge is 2.34. The smallest absolute Gasteiger partial charge is 0.451 e. The second-order valence-electron chi connectivity index (χ2n) is 7.00. The molecule has 0 unspecified atom stereocenters. The van der Waals surface area contributed by atoms with Gasteiger partial charge in [0.25, 0.3) is 5.91 Å². The minimum atomic E-state index is -4.68. The highest BCUT2D eigenvalue weighted by atomic mass is 19.4. The Labute approximate surface area is 183 Å². The Morgan fingerprint density at radius 1 is 1.22 bits per heavy atom. The first kappa shape index (κ1) is 25.1. The fourth-order valence-electron chi connectivity index (χ4n) is 3.19. The largest absolute Gasteiger partial charge is 0.494 e. The van der Waals surface area contributed by atoms with Crippen LogP contribution in [0.4, 0.5) is 24.5 Å². The summed E-state index contributed by atoms with van der Waals surface area (Å²) in [6.45, 7) is 0. The van der Waals surface area contributed by atoms with Crippen LogP contribution in [0, 0.1) is 0 Å². The molecule has 1 amide bonds. The molecule has 0 aliphatic heterocycles. The summed E-state index contributed by atoms with van der Waals surface area (Å²) < 4.78 is 43.0. The van der Waals surface area contributed by atoms with Gasteiger partial charge in [0.1, 0.15) is 5.75 Å². The number of halogens is 3. The van der Waals surface area contributed by atoms with E-state index in [9.17, 15) is 18.0 Å². The van der Waals surface area contributed by atoms with Gasteiger partial charge < -0.3 is 20.9 Å². The number of aromatic nitrogens is 2. The van der Waals surface area contributed by atoms with Crippen molar-refractivity contribution < 1.29 is 27.8 Å². The third kappa shape index (κ3) is 6.64. The van der Waals surface area contributed by atoms with E-state index in [1.54, 1.807) is 18.3 Å². The summed E-state index contributed by atoms with van der Waals surface area (Å²) in [4.78, 5) is 23.4. The number of rotatable bonds is 5. The van der Waals surface area contributed by atoms with Crippen LogP contribution in [-0.4, -0.2) is 47.5 Å². The topological polar surface area (TPSA) is 123 Å². The maximum Gasteiger partial charge on any atom is 0.451 e. The van der Waals surface area contributed by atoms with Gasteiger partial charge in [-0.1, -0.05) is 19.3 Å². The summed E-state index contributed by atoms with van der Waals surface area (Å²) >= 11 is 0. The van der Waals surface area contributed by atoms with Crippen molar-refractivity contribution in [2.45, 2.75) is 44.3 Å². The molecule has 32 heavy (non-hydrogen) atoms. The van der Waals surface area contributed by atoms with E-state index in [1.165, 1.54) is 13.5 Å². The van der Waals surface area contributed by atoms with Crippen molar-refractivity contribution in [3.05, 3.63) is 41.5 Å². The van der Waals surface area contributed by atoms with Crippen LogP contribution in [0.3, 0.4) is 0 Å². The predicted octanol–water partition coefficient (Wildman–Crippen LogP) is 3.70. The first-order valence-corrected chi connectivity index (χ1v) is 9.94. The number of hydrogen-bond acceptors (Lipinski definition) is 7. The molecule has 1 aliphatic carbocycles. The summed E-state index contributed by atoms with van der Waals surface area (Å²) in [6.07, 6.45) is 4.23. The zero-order valence-corrected chi connectivity index (χ0v) is 17.8. The average molecular weight is 453 g/mol. The van der Waals surface area contributed by atoms with E-state index < -0.39 is 17.9 Å². The number of alkyl halides is 3. The molecular weight excluding hydrogens is 427 g/mol. The minimum Gasteiger partial charge on any atom is -0.494 e. The molecule has 0 atom stereocenters. The second kappa shape index (κ2) is 11.4. The van der Waals surface area contributed by atoms with Crippen molar-refractivity contribution in [1.82, 2.24) is 9.97 Å². The van der Waals surface area contributed by atoms with Gasteiger partial charge in [-0.2, -0.15) is 13.2 Å². The van der Waals surface area contributed by atoms with Gasteiger partial charge in [0.15, 0.2) is 0 Å². The van der Waals surface area contributed by atoms with Crippen molar-refractivity contribution in [3.8, 4) is 5.75 Å². The summed E-state index contributed by atoms with van der Waals surface area (Å²) in [5, 5.41) is 9.60. The predicted molar refractivity (Wildman–Crippen MR) is 115 cm³/mol. The zero-order chi connectivity index (χ0) is 23.7. The molecule has 0 radical (unpaired) electrons. The van der Waals surface area contributed by atoms with Gasteiger partial charge in [0.2, 0.25) is 5.82 Å². The summed E-state index contributed by atoms with van der Waals surface area (Å²) in [5.74, 6) is -1.68. The Hall–Kier alpha value is -3.21. The lowest BCUT2D eigenvalue weighted by Crippen LogP contribution is -2.16. The Kier molecular flexibility index (Phi) is 8.94. The van der Waals surface area contributed by atoms with Gasteiger partial charge in [0, 0.05) is 49.1 Å². The number of nitrogens with zero attached hydrogens (tertiary/aromatic N) is 3. The Morgan fingerprint density at radius 3 is 2.41 bits per heavy atom. The molecule has 1 fully saturated rings. The second-order valence-corrected chi connectivity index (χ2v) is 7.00. The Morgan fingerprint density at radius 2 is 1.84 bits per heavy atom. The standard InChI is InChI=1S/C20H22F3N5O2.CH4O/c1-30-17-8-15(24)12(9-25-14-5-3-2-4-6-14)7-16(17)28-18(29)13-10-26-19(27-11-13)20(21,22)23;1-2/h7-11,14H,2-6,24H2,1H3,(H,28,29);2H,1H3. The van der Waals surface area contributed by atoms with E-state index in [0.717, 1.165) is 45.2 Å². The number of methoxy groups -OCH3 is 1. The molecule has 1 aromatic heterocycles. The van der Waals surface area contributed by atoms with Crippen LogP contribution in [0.2, 0.25) is 0 Å². The van der Waals surface area contributed by atoms with Gasteiger partial charge in [-0.05, 0) is 18.9 Å². The van der Waals surface area contributed by atoms with Crippen LogP contribution in [0.15, 0.2) is 29.5 Å². The molecule has 0 saturated heterocycles. The fourth-order valence-corrected chi connectivity index (χ4v) is 3.19. The summed E-state index contributed by atoms with van der Waals surface area (Å²) in [6, 6.07) is 3.42. The van der Waals surface area contributed by atoms with Gasteiger partial charge in [-0.25, -0.2) is 9.97 Å². The van der Waals surface area contributed by atoms with Crippen LogP contribution in [-0.2, 0) is 6.18 Å². The Bertz CT molecular complexity index is 928. The van der Waals surface area contributed by atoms with E-state index in [-0.39, 0.29) is 11.6 Å². The van der Waals surface area contributed by atoms with Crippen molar-refractivity contribution >= 4 is 23.5 Å². The molecule has 0 spiro atoms. The molecule has 8 nitrogen and oxygen atoms in total. The molecule has 1 saturated carbocycles. The lowest BCUT2D eigenvalue weighted by atomic mass is 9.96. The number of benzene rings is 1. The fraction of sp³-hybridized carbons (Fsp3) is 0.429. The number of nitrogens with one attached hydrogen (secondary N) is 1. The van der Waals surface area contributed by atoms with Crippen molar-refractivity contribution in [2.24, 2.45) is 4.99 Å². The third-order valence-electron chi connectivity index (χ3n) is 4.82. The van der Waals surface area contributed by atoms with Gasteiger partial charge in [-0.3, -0.25) is 9.79 Å². The van der Waals surface area contributed by atoms with Gasteiger partial charge >= 0.3 is 6.18 Å². The van der Waals surface area contributed by atoms with Crippen molar-refractivity contribution in [3.63, 3.8) is 0 Å². The van der Waals surface area contributed by atoms with Crippen LogP contribution < -0.4 is 15.8 Å². The number of aliphatic hydroxyl groups excluding tert-OH is 1. The minimum absolute atomic E-state index is 0.126. The number of carbonyl (C=O) groups is 1. The number of anilines is 2. The van der Waals surface area contributed by atoms with E-state index in [1.807, 2.05) is 0 Å². The number of ether oxygens (including phenoxy) is 1. The molecule has 4 N–H and O–H groups in total. The molecule has 174 valence electrons. The number of aliphatic hydroxyl groups is 1. The number of aliphatic imine (C=N–C) groups is 1. The van der Waals surface area contributed by atoms with Gasteiger partial charge in [0.05, 0.1) is 18.4 Å². The lowest BCUT2D eigenvalue weighted by molar-refractivity contribution is -0.145. The van der Waals surface area contributed by atoms with Crippen LogP contribution in [0.25, 0.3) is 0 Å². The first-order chi connectivity index (χ1) is 15.3. The van der Waals surface area contributed by atoms with Crippen LogP contribution in [0.5, 0.6) is 5.75 Å². The molecule has 2 aromatic rings. The average Bonchev–Trinajstić information content (AvgIpc) is 2.80. The van der Waals surface area contributed by atoms with Crippen molar-refractivity contribution in [1.29, 1.82) is 0 Å². The Balaban J connectivity index is 0.00000176. The number of nitrogen functional groups attached to an aromatic ring is 1. The summed E-state index contributed by atoms with van der Waals surface area (Å²) in [5.41, 5.74) is 7.30. The van der Waals surface area contributed by atoms with E-state index >= 15 is 0 Å². The molecule has 3 rings (SSSR count). The number of carbonyl (C=O) groups excluding carboxylic acids is 1. The third-order valence-corrected chi connectivity index (χ3v) is 4.82. The molecule has 1 heterocycles. The number of nitrogens with two attached hydrogens (primary N) is 1. The normalized spacial score (nSPS) is 14.6. The highest BCUT2D eigenvalue weighted by molar-refractivity contribution is 6.05. The maximum atomic E-state index is 12.6. The quantitative estimate of drug-likeness (QED) is 0.469. The SMILES string of the molecule is CO.COc1cc(N)c(C=NC2CCCCC2)cc1NC(=O)c1cnc(C(F)(F)F)nc1. The summed E-state index contributed by atoms with van der Waals surface area (Å²) in [7, 11) is 2.42. The zero-order valence-electron chi connectivity index (χ0n) is 17.8. The number of amides is 1. The van der Waals surface area contributed by atoms with E-state index in [4.69, 9.17) is 15.6 Å². The maximum absolute atomic E-state index is 12.6. The van der Waals surface area contributed by atoms with E-state index in [2.05, 4.69) is 20.3 Å². The number of hydrogen-bond donors (Lipinski definition) is 3. The molecule has 1 aromatic carbocycles. The first-order valence-electron chi connectivity index (χ1n) is 9.94. The molecule has 11 heteroatoms. The van der Waals surface area contributed by atoms with E-state index in [0.29, 0.717) is 22.7 Å². The van der Waals surface area contributed by atoms with Crippen molar-refractivity contribution in [2.75, 3.05) is 25.3 Å². The highest BCUT2D eigenvalue weighted by Crippen LogP contribution is 2.30. The van der Waals surface area contributed by atoms with Crippen LogP contribution in [0.1, 0.15) is 53.8 Å². The molecule has 1 aliphatic rings. The monoisotopic (exact) mass is 453 g/mol. The van der Waals surface area contributed by atoms with Crippen LogP contribution >= 0.6 is 0 Å².